The minimum Gasteiger partial charge on any atom is -0.412 e. The van der Waals surface area contributed by atoms with Crippen molar-refractivity contribution >= 4 is 5.91 Å². The van der Waals surface area contributed by atoms with E-state index < -0.39 is 0 Å². The van der Waals surface area contributed by atoms with Gasteiger partial charge in [0.15, 0.2) is 0 Å². The Morgan fingerprint density at radius 2 is 1.76 bits per heavy atom. The monoisotopic (exact) mass is 464 g/mol. The van der Waals surface area contributed by atoms with Crippen LogP contribution in [0.2, 0.25) is 0 Å². The molecule has 0 bridgehead atoms. The molecule has 7 N–H and O–H groups in total. The van der Waals surface area contributed by atoms with Gasteiger partial charge in [-0.05, 0) is 73.8 Å². The van der Waals surface area contributed by atoms with Gasteiger partial charge in [-0.2, -0.15) is 0 Å². The summed E-state index contributed by atoms with van der Waals surface area (Å²) in [6.07, 6.45) is 9.68. The topological polar surface area (TPSA) is 136 Å². The fourth-order valence-corrected chi connectivity index (χ4v) is 5.50. The Bertz CT molecular complexity index is 769. The second-order valence-corrected chi connectivity index (χ2v) is 10.0. The number of carbonyl (C=O) groups is 1. The number of aryl methyl sites for hydroxylation is 1. The summed E-state index contributed by atoms with van der Waals surface area (Å²) in [6.45, 7) is 9.78. The van der Waals surface area contributed by atoms with Crippen molar-refractivity contribution in [1.82, 2.24) is 0 Å². The van der Waals surface area contributed by atoms with Crippen LogP contribution < -0.4 is 5.73 Å². The number of rotatable bonds is 5. The van der Waals surface area contributed by atoms with Crippen molar-refractivity contribution in [2.75, 3.05) is 6.61 Å². The number of nitrogens with two attached hydrogens (primary N) is 1. The molecule has 1 aliphatic heterocycles. The van der Waals surface area contributed by atoms with Gasteiger partial charge in [0.1, 0.15) is 0 Å². The van der Waals surface area contributed by atoms with Gasteiger partial charge >= 0.3 is 0 Å². The Labute approximate surface area is 200 Å². The Morgan fingerprint density at radius 1 is 1.12 bits per heavy atom. The van der Waals surface area contributed by atoms with Gasteiger partial charge in [-0.25, -0.2) is 0 Å². The lowest BCUT2D eigenvalue weighted by Gasteiger charge is -2.44. The lowest BCUT2D eigenvalue weighted by Crippen LogP contribution is -2.41. The van der Waals surface area contributed by atoms with Gasteiger partial charge in [-0.3, -0.25) is 4.79 Å². The molecular formula is C27H46NO5. The van der Waals surface area contributed by atoms with Gasteiger partial charge < -0.3 is 26.5 Å². The van der Waals surface area contributed by atoms with Crippen LogP contribution in [0.3, 0.4) is 0 Å². The summed E-state index contributed by atoms with van der Waals surface area (Å²) in [5, 5.41) is 10.4. The summed E-state index contributed by atoms with van der Waals surface area (Å²) in [6, 6.07) is 7.77. The molecule has 1 amide bonds. The number of allylic oxidation sites excluding steroid dienone is 1. The zero-order valence-corrected chi connectivity index (χ0v) is 20.6. The highest BCUT2D eigenvalue weighted by molar-refractivity contribution is 5.76. The Kier molecular flexibility index (Phi) is 11.7. The number of amides is 1. The summed E-state index contributed by atoms with van der Waals surface area (Å²) in [5.74, 6) is 2.96. The summed E-state index contributed by atoms with van der Waals surface area (Å²) >= 11 is 0. The number of hydrogen-bond donors (Lipinski definition) is 2. The standard InChI is InChI=1S/C18H29O2.C9H11NO.2H2O.H2/c1-11-4-8-16(13(3)18(19)14-6-7-14)17-10-20-12(2)5-9-15(11)17;1-7-2-4-8(5-3-7)6-9(10)11;;;/h6-7,11-13,15-19H,4-5,8-10H2,1-3H3;2-5H,6H2,1H3,(H2,10,11);2*1H2;1H/t11-,12?,13-,15+,16+,17?,18+;;;;/m1..../s1. The van der Waals surface area contributed by atoms with Gasteiger partial charge in [0.2, 0.25) is 5.91 Å². The molecule has 1 saturated carbocycles. The number of fused-ring (bicyclic) bond motifs is 1. The van der Waals surface area contributed by atoms with E-state index in [0.29, 0.717) is 30.3 Å². The molecule has 0 spiro atoms. The quantitative estimate of drug-likeness (QED) is 0.692. The van der Waals surface area contributed by atoms with Crippen LogP contribution in [0, 0.1) is 42.9 Å². The average molecular weight is 465 g/mol. The summed E-state index contributed by atoms with van der Waals surface area (Å²) < 4.78 is 6.05. The molecule has 33 heavy (non-hydrogen) atoms. The number of aliphatic hydroxyl groups excluding tert-OH is 1. The molecule has 6 nitrogen and oxygen atoms in total. The van der Waals surface area contributed by atoms with Gasteiger partial charge in [0, 0.05) is 7.85 Å². The van der Waals surface area contributed by atoms with Gasteiger partial charge in [-0.15, -0.1) is 0 Å². The van der Waals surface area contributed by atoms with E-state index in [9.17, 15) is 9.90 Å². The third-order valence-electron chi connectivity index (χ3n) is 7.64. The van der Waals surface area contributed by atoms with Crippen LogP contribution in [0.25, 0.3) is 0 Å². The molecule has 3 aliphatic rings. The van der Waals surface area contributed by atoms with Crippen LogP contribution in [0.5, 0.6) is 0 Å². The van der Waals surface area contributed by atoms with Crippen molar-refractivity contribution in [3.8, 4) is 0 Å². The molecule has 1 saturated heterocycles. The first-order valence-electron chi connectivity index (χ1n) is 11.9. The third kappa shape index (κ3) is 8.21. The fourth-order valence-electron chi connectivity index (χ4n) is 5.50. The minimum absolute atomic E-state index is 0. The van der Waals surface area contributed by atoms with Gasteiger partial charge in [0.25, 0.3) is 0 Å². The number of ether oxygens (including phenoxy) is 1. The maximum Gasteiger partial charge on any atom is 0.221 e. The molecule has 6 heteroatoms. The minimum atomic E-state index is -0.283. The fraction of sp³-hybridized carbons (Fsp3) is 0.630. The van der Waals surface area contributed by atoms with Crippen molar-refractivity contribution in [2.24, 2.45) is 35.3 Å². The molecular weight excluding hydrogens is 418 g/mol. The maximum absolute atomic E-state index is 10.5. The number of benzene rings is 1. The smallest absolute Gasteiger partial charge is 0.221 e. The Hall–Kier alpha value is -1.73. The van der Waals surface area contributed by atoms with Gasteiger partial charge in [-0.1, -0.05) is 56.2 Å². The van der Waals surface area contributed by atoms with Crippen molar-refractivity contribution in [1.29, 1.82) is 0 Å². The largest absolute Gasteiger partial charge is 0.412 e. The van der Waals surface area contributed by atoms with Gasteiger partial charge in [0.05, 0.1) is 25.2 Å². The van der Waals surface area contributed by atoms with E-state index in [0.717, 1.165) is 29.6 Å². The Morgan fingerprint density at radius 3 is 2.33 bits per heavy atom. The molecule has 1 aromatic rings. The van der Waals surface area contributed by atoms with Crippen molar-refractivity contribution in [3.05, 3.63) is 53.5 Å². The van der Waals surface area contributed by atoms with E-state index in [1.54, 1.807) is 0 Å². The van der Waals surface area contributed by atoms with Crippen molar-refractivity contribution in [2.45, 2.75) is 72.0 Å². The number of primary amides is 1. The zero-order chi connectivity index (χ0) is 22.5. The summed E-state index contributed by atoms with van der Waals surface area (Å²) in [7, 11) is 0. The predicted octanol–water partition coefficient (Wildman–Crippen LogP) is 3.22. The molecule has 2 aliphatic carbocycles. The van der Waals surface area contributed by atoms with E-state index in [2.05, 4.69) is 33.3 Å². The first kappa shape index (κ1) is 29.3. The second kappa shape index (κ2) is 13.2. The van der Waals surface area contributed by atoms with Crippen molar-refractivity contribution in [3.63, 3.8) is 0 Å². The molecule has 1 aromatic carbocycles. The first-order chi connectivity index (χ1) is 14.8. The number of hydrogen-bond acceptors (Lipinski definition) is 3. The molecule has 189 valence electrons. The first-order valence-corrected chi connectivity index (χ1v) is 11.9. The highest BCUT2D eigenvalue weighted by atomic mass is 16.5. The predicted molar refractivity (Wildman–Crippen MR) is 134 cm³/mol. The number of carbonyl (C=O) groups excluding carboxylic acids is 1. The van der Waals surface area contributed by atoms with Crippen LogP contribution in [0.4, 0.5) is 0 Å². The zero-order valence-electron chi connectivity index (χ0n) is 20.6. The summed E-state index contributed by atoms with van der Waals surface area (Å²) in [5.41, 5.74) is 8.34. The number of aliphatic hydroxyl groups is 1. The highest BCUT2D eigenvalue weighted by Gasteiger charge is 2.43. The van der Waals surface area contributed by atoms with Crippen LogP contribution >= 0.6 is 0 Å². The van der Waals surface area contributed by atoms with Crippen LogP contribution in [0.15, 0.2) is 35.9 Å². The maximum atomic E-state index is 10.5. The highest BCUT2D eigenvalue weighted by Crippen LogP contribution is 2.47. The molecule has 2 unspecified atom stereocenters. The lowest BCUT2D eigenvalue weighted by atomic mass is 9.62. The Balaban J connectivity index is 0.000000676. The van der Waals surface area contributed by atoms with E-state index in [1.165, 1.54) is 31.2 Å². The SMILES string of the molecule is CC1CC[C@@H]2C(CO1)[C@H]([C@@H](C)[C@H](O)C1=C[CH]1)CC[C@H]2C.Cc1ccc(CC(N)=O)cc1.O.O.[HH]. The van der Waals surface area contributed by atoms with E-state index in [-0.39, 0.29) is 24.4 Å². The van der Waals surface area contributed by atoms with E-state index >= 15 is 0 Å². The second-order valence-electron chi connectivity index (χ2n) is 10.0. The molecule has 4 rings (SSSR count). The lowest BCUT2D eigenvalue weighted by molar-refractivity contribution is -0.117. The molecule has 0 aromatic heterocycles. The normalized spacial score (nSPS) is 29.8. The molecule has 2 fully saturated rings. The van der Waals surface area contributed by atoms with E-state index in [1.807, 2.05) is 31.2 Å². The summed E-state index contributed by atoms with van der Waals surface area (Å²) in [4.78, 5) is 10.5. The van der Waals surface area contributed by atoms with Crippen LogP contribution in [0.1, 0.15) is 59.0 Å². The molecule has 7 atom stereocenters. The van der Waals surface area contributed by atoms with Crippen molar-refractivity contribution < 1.29 is 27.0 Å². The van der Waals surface area contributed by atoms with E-state index in [4.69, 9.17) is 10.5 Å². The molecule has 1 heterocycles. The molecule has 1 radical (unpaired) electrons. The van der Waals surface area contributed by atoms with Crippen LogP contribution in [-0.2, 0) is 16.0 Å². The third-order valence-corrected chi connectivity index (χ3v) is 7.64. The average Bonchev–Trinajstić information content (AvgIpc) is 3.58. The van der Waals surface area contributed by atoms with Crippen LogP contribution in [-0.4, -0.2) is 40.8 Å².